The first-order chi connectivity index (χ1) is 8.42. The van der Waals surface area contributed by atoms with Crippen molar-refractivity contribution in [1.29, 1.82) is 0 Å². The van der Waals surface area contributed by atoms with Crippen molar-refractivity contribution in [2.24, 2.45) is 5.92 Å². The van der Waals surface area contributed by atoms with Crippen LogP contribution in [-0.2, 0) is 10.0 Å². The number of sulfonamides is 1. The molecular weight excluding hydrogens is 318 g/mol. The van der Waals surface area contributed by atoms with Gasteiger partial charge >= 0.3 is 0 Å². The second-order valence-corrected chi connectivity index (χ2v) is 6.76. The number of nitrogens with one attached hydrogen (secondary N) is 1. The van der Waals surface area contributed by atoms with Crippen molar-refractivity contribution in [2.75, 3.05) is 6.61 Å². The van der Waals surface area contributed by atoms with Gasteiger partial charge < -0.3 is 5.11 Å². The van der Waals surface area contributed by atoms with E-state index in [9.17, 15) is 13.5 Å². The largest absolute Gasteiger partial charge is 0.395 e. The van der Waals surface area contributed by atoms with E-state index >= 15 is 0 Å². The van der Waals surface area contributed by atoms with E-state index in [0.717, 1.165) is 6.42 Å². The van der Waals surface area contributed by atoms with Gasteiger partial charge in [-0.3, -0.25) is 0 Å². The van der Waals surface area contributed by atoms with Gasteiger partial charge in [0, 0.05) is 10.5 Å². The van der Waals surface area contributed by atoms with Gasteiger partial charge in [0.15, 0.2) is 0 Å². The highest BCUT2D eigenvalue weighted by Gasteiger charge is 2.24. The van der Waals surface area contributed by atoms with Crippen LogP contribution < -0.4 is 4.72 Å². The lowest BCUT2D eigenvalue weighted by Crippen LogP contribution is -2.41. The summed E-state index contributed by atoms with van der Waals surface area (Å²) in [4.78, 5) is 0.187. The van der Waals surface area contributed by atoms with E-state index in [0.29, 0.717) is 4.47 Å². The Hall–Kier alpha value is -0.430. The van der Waals surface area contributed by atoms with Crippen LogP contribution in [0.4, 0.5) is 0 Å². The first-order valence-electron chi connectivity index (χ1n) is 5.80. The van der Waals surface area contributed by atoms with E-state index in [1.54, 1.807) is 18.2 Å². The molecule has 0 amide bonds. The van der Waals surface area contributed by atoms with E-state index in [-0.39, 0.29) is 17.4 Å². The Morgan fingerprint density at radius 2 is 2.00 bits per heavy atom. The van der Waals surface area contributed by atoms with Crippen LogP contribution in [0, 0.1) is 5.92 Å². The van der Waals surface area contributed by atoms with Crippen LogP contribution in [-0.4, -0.2) is 26.2 Å². The van der Waals surface area contributed by atoms with Crippen LogP contribution in [0.25, 0.3) is 0 Å². The molecule has 2 unspecified atom stereocenters. The zero-order chi connectivity index (χ0) is 13.8. The van der Waals surface area contributed by atoms with Crippen molar-refractivity contribution < 1.29 is 13.5 Å². The number of aliphatic hydroxyl groups is 1. The van der Waals surface area contributed by atoms with Gasteiger partial charge in [0.2, 0.25) is 10.0 Å². The summed E-state index contributed by atoms with van der Waals surface area (Å²) in [7, 11) is -3.61. The number of hydrogen-bond acceptors (Lipinski definition) is 3. The van der Waals surface area contributed by atoms with Crippen molar-refractivity contribution in [3.63, 3.8) is 0 Å². The lowest BCUT2D eigenvalue weighted by Gasteiger charge is -2.22. The van der Waals surface area contributed by atoms with E-state index < -0.39 is 16.1 Å². The molecule has 0 radical (unpaired) electrons. The van der Waals surface area contributed by atoms with Crippen molar-refractivity contribution in [1.82, 2.24) is 4.72 Å². The normalized spacial score (nSPS) is 15.3. The zero-order valence-electron chi connectivity index (χ0n) is 10.4. The first kappa shape index (κ1) is 15.6. The van der Waals surface area contributed by atoms with E-state index in [2.05, 4.69) is 20.7 Å². The minimum atomic E-state index is -3.61. The molecule has 0 heterocycles. The molecule has 0 fully saturated rings. The summed E-state index contributed by atoms with van der Waals surface area (Å²) in [5.41, 5.74) is 0. The summed E-state index contributed by atoms with van der Waals surface area (Å²) in [6.07, 6.45) is 0.795. The molecule has 4 nitrogen and oxygen atoms in total. The van der Waals surface area contributed by atoms with Crippen LogP contribution >= 0.6 is 15.9 Å². The molecule has 6 heteroatoms. The van der Waals surface area contributed by atoms with Crippen molar-refractivity contribution >= 4 is 26.0 Å². The molecule has 0 spiro atoms. The van der Waals surface area contributed by atoms with E-state index in [4.69, 9.17) is 0 Å². The molecule has 1 aromatic rings. The minimum absolute atomic E-state index is 0.0762. The van der Waals surface area contributed by atoms with Crippen molar-refractivity contribution in [3.05, 3.63) is 28.7 Å². The highest BCUT2D eigenvalue weighted by molar-refractivity contribution is 9.10. The average molecular weight is 336 g/mol. The molecule has 0 aliphatic rings. The topological polar surface area (TPSA) is 66.4 Å². The molecule has 2 N–H and O–H groups in total. The van der Waals surface area contributed by atoms with E-state index in [1.807, 2.05) is 13.8 Å². The van der Waals surface area contributed by atoms with Crippen LogP contribution in [0.2, 0.25) is 0 Å². The molecule has 102 valence electrons. The monoisotopic (exact) mass is 335 g/mol. The Morgan fingerprint density at radius 3 is 2.50 bits per heavy atom. The minimum Gasteiger partial charge on any atom is -0.395 e. The van der Waals surface area contributed by atoms with Crippen molar-refractivity contribution in [3.8, 4) is 0 Å². The maximum absolute atomic E-state index is 12.2. The summed E-state index contributed by atoms with van der Waals surface area (Å²) in [5.74, 6) is 0.0762. The standard InChI is InChI=1S/C12H18BrNO3S/c1-3-9(2)11(8-15)14-18(16,17)12-7-5-4-6-10(12)13/h4-7,9,11,14-15H,3,8H2,1-2H3. The Balaban J connectivity index is 2.98. The zero-order valence-corrected chi connectivity index (χ0v) is 12.8. The average Bonchev–Trinajstić information content (AvgIpc) is 2.35. The fourth-order valence-corrected chi connectivity index (χ4v) is 3.88. The highest BCUT2D eigenvalue weighted by Crippen LogP contribution is 2.22. The lowest BCUT2D eigenvalue weighted by atomic mass is 10.0. The molecule has 1 aromatic carbocycles. The van der Waals surface area contributed by atoms with Gasteiger partial charge in [-0.1, -0.05) is 32.4 Å². The third kappa shape index (κ3) is 3.78. The fourth-order valence-electron chi connectivity index (χ4n) is 1.54. The Morgan fingerprint density at radius 1 is 1.39 bits per heavy atom. The second kappa shape index (κ2) is 6.65. The van der Waals surface area contributed by atoms with Gasteiger partial charge in [0.25, 0.3) is 0 Å². The number of halogens is 1. The van der Waals surface area contributed by atoms with Gasteiger partial charge in [0.1, 0.15) is 0 Å². The summed E-state index contributed by atoms with van der Waals surface area (Å²) < 4.78 is 27.4. The van der Waals surface area contributed by atoms with Gasteiger partial charge in [0.05, 0.1) is 11.5 Å². The Bertz CT molecular complexity index is 490. The molecule has 1 rings (SSSR count). The fraction of sp³-hybridized carbons (Fsp3) is 0.500. The van der Waals surface area contributed by atoms with E-state index in [1.165, 1.54) is 6.07 Å². The summed E-state index contributed by atoms with van der Waals surface area (Å²) in [6, 6.07) is 6.15. The summed E-state index contributed by atoms with van der Waals surface area (Å²) >= 11 is 3.22. The predicted octanol–water partition coefficient (Wildman–Crippen LogP) is 2.13. The van der Waals surface area contributed by atoms with Gasteiger partial charge in [-0.2, -0.15) is 0 Å². The lowest BCUT2D eigenvalue weighted by molar-refractivity contribution is 0.219. The van der Waals surface area contributed by atoms with Gasteiger partial charge in [-0.05, 0) is 34.0 Å². The highest BCUT2D eigenvalue weighted by atomic mass is 79.9. The predicted molar refractivity (Wildman–Crippen MR) is 74.8 cm³/mol. The Labute approximate surface area is 117 Å². The molecule has 2 atom stereocenters. The van der Waals surface area contributed by atoms with Gasteiger partial charge in [-0.15, -0.1) is 0 Å². The molecule has 0 saturated carbocycles. The third-order valence-corrected chi connectivity index (χ3v) is 5.46. The third-order valence-electron chi connectivity index (χ3n) is 2.96. The smallest absolute Gasteiger partial charge is 0.242 e. The number of benzene rings is 1. The molecule has 0 aliphatic carbocycles. The summed E-state index contributed by atoms with van der Waals surface area (Å²) in [6.45, 7) is 3.65. The first-order valence-corrected chi connectivity index (χ1v) is 8.07. The van der Waals surface area contributed by atoms with Crippen LogP contribution in [0.5, 0.6) is 0 Å². The molecule has 0 aromatic heterocycles. The van der Waals surface area contributed by atoms with Crippen LogP contribution in [0.3, 0.4) is 0 Å². The van der Waals surface area contributed by atoms with Crippen LogP contribution in [0.1, 0.15) is 20.3 Å². The Kier molecular flexibility index (Phi) is 5.78. The maximum atomic E-state index is 12.2. The van der Waals surface area contributed by atoms with Crippen LogP contribution in [0.15, 0.2) is 33.6 Å². The molecule has 0 aliphatic heterocycles. The second-order valence-electron chi connectivity index (χ2n) is 4.23. The van der Waals surface area contributed by atoms with Gasteiger partial charge in [-0.25, -0.2) is 13.1 Å². The number of hydrogen-bond donors (Lipinski definition) is 2. The molecule has 18 heavy (non-hydrogen) atoms. The number of aliphatic hydroxyl groups excluding tert-OH is 1. The molecule has 0 bridgehead atoms. The molecular formula is C12H18BrNO3S. The SMILES string of the molecule is CCC(C)C(CO)NS(=O)(=O)c1ccccc1Br. The number of rotatable bonds is 6. The quantitative estimate of drug-likeness (QED) is 0.836. The maximum Gasteiger partial charge on any atom is 0.242 e. The van der Waals surface area contributed by atoms with Crippen molar-refractivity contribution in [2.45, 2.75) is 31.2 Å². The summed E-state index contributed by atoms with van der Waals surface area (Å²) in [5, 5.41) is 9.27. The molecule has 0 saturated heterocycles.